The molecule has 140 valence electrons. The summed E-state index contributed by atoms with van der Waals surface area (Å²) in [6.07, 6.45) is 3.71. The molecule has 1 amide bonds. The van der Waals surface area contributed by atoms with Crippen LogP contribution in [0.3, 0.4) is 0 Å². The topological polar surface area (TPSA) is 46.9 Å². The number of nitrogens with zero attached hydrogens (tertiary/aromatic N) is 2. The summed E-state index contributed by atoms with van der Waals surface area (Å²) >= 11 is 5.12. The number of aryl methyl sites for hydroxylation is 2. The van der Waals surface area contributed by atoms with Crippen molar-refractivity contribution in [2.45, 2.75) is 31.8 Å². The maximum absolute atomic E-state index is 12.3. The standard InChI is InChI=1S/C21H22BrN3OS/c1-15-11-20(16(2)10-19(15)22)27-14-21(26)23-12-17-6-3-4-7-18(17)13-25-9-5-8-24-25/h3-11H,12-14H2,1-2H3,(H,23,26). The number of hydrogen-bond acceptors (Lipinski definition) is 3. The fraction of sp³-hybridized carbons (Fsp3) is 0.238. The van der Waals surface area contributed by atoms with Gasteiger partial charge in [0.1, 0.15) is 0 Å². The Kier molecular flexibility index (Phi) is 6.74. The maximum Gasteiger partial charge on any atom is 0.230 e. The molecule has 0 atom stereocenters. The summed E-state index contributed by atoms with van der Waals surface area (Å²) in [6.45, 7) is 5.35. The molecule has 0 aliphatic rings. The summed E-state index contributed by atoms with van der Waals surface area (Å²) in [7, 11) is 0. The molecule has 1 heterocycles. The summed E-state index contributed by atoms with van der Waals surface area (Å²) in [5.74, 6) is 0.442. The van der Waals surface area contributed by atoms with Crippen molar-refractivity contribution < 1.29 is 4.79 Å². The molecule has 0 spiro atoms. The van der Waals surface area contributed by atoms with Crippen LogP contribution >= 0.6 is 27.7 Å². The summed E-state index contributed by atoms with van der Waals surface area (Å²) in [4.78, 5) is 13.5. The normalized spacial score (nSPS) is 10.8. The largest absolute Gasteiger partial charge is 0.351 e. The number of nitrogens with one attached hydrogen (secondary N) is 1. The summed E-state index contributed by atoms with van der Waals surface area (Å²) in [5.41, 5.74) is 4.63. The second-order valence-corrected chi connectivity index (χ2v) is 8.28. The van der Waals surface area contributed by atoms with E-state index in [4.69, 9.17) is 0 Å². The number of halogens is 1. The van der Waals surface area contributed by atoms with E-state index >= 15 is 0 Å². The predicted octanol–water partition coefficient (Wildman–Crippen LogP) is 4.72. The second kappa shape index (κ2) is 9.24. The molecule has 2 aromatic carbocycles. The number of carbonyl (C=O) groups is 1. The lowest BCUT2D eigenvalue weighted by Gasteiger charge is -2.12. The zero-order chi connectivity index (χ0) is 19.2. The molecule has 3 aromatic rings. The number of rotatable bonds is 7. The monoisotopic (exact) mass is 443 g/mol. The number of thioether (sulfide) groups is 1. The van der Waals surface area contributed by atoms with Gasteiger partial charge in [-0.15, -0.1) is 11.8 Å². The van der Waals surface area contributed by atoms with Crippen molar-refractivity contribution in [1.29, 1.82) is 0 Å². The highest BCUT2D eigenvalue weighted by atomic mass is 79.9. The van der Waals surface area contributed by atoms with Gasteiger partial charge in [0.15, 0.2) is 0 Å². The number of carbonyl (C=O) groups excluding carboxylic acids is 1. The Morgan fingerprint density at radius 3 is 2.67 bits per heavy atom. The Labute approximate surface area is 172 Å². The van der Waals surface area contributed by atoms with Gasteiger partial charge in [0.05, 0.1) is 12.3 Å². The predicted molar refractivity (Wildman–Crippen MR) is 114 cm³/mol. The molecule has 0 unspecified atom stereocenters. The molecule has 1 aromatic heterocycles. The number of hydrogen-bond donors (Lipinski definition) is 1. The highest BCUT2D eigenvalue weighted by Crippen LogP contribution is 2.28. The van der Waals surface area contributed by atoms with E-state index in [9.17, 15) is 4.79 Å². The van der Waals surface area contributed by atoms with Crippen LogP contribution in [0.2, 0.25) is 0 Å². The lowest BCUT2D eigenvalue weighted by atomic mass is 10.1. The van der Waals surface area contributed by atoms with Crippen LogP contribution in [0.15, 0.2) is 64.2 Å². The highest BCUT2D eigenvalue weighted by Gasteiger charge is 2.09. The minimum absolute atomic E-state index is 0.0360. The third kappa shape index (κ3) is 5.47. The van der Waals surface area contributed by atoms with Gasteiger partial charge in [0, 0.05) is 28.3 Å². The Balaban J connectivity index is 1.56. The molecular formula is C21H22BrN3OS. The van der Waals surface area contributed by atoms with Crippen LogP contribution in [0.1, 0.15) is 22.3 Å². The lowest BCUT2D eigenvalue weighted by molar-refractivity contribution is -0.118. The van der Waals surface area contributed by atoms with Crippen LogP contribution in [0.25, 0.3) is 0 Å². The van der Waals surface area contributed by atoms with Gasteiger partial charge in [-0.3, -0.25) is 9.48 Å². The Hall–Kier alpha value is -2.05. The first-order valence-corrected chi connectivity index (χ1v) is 10.5. The zero-order valence-corrected chi connectivity index (χ0v) is 17.8. The van der Waals surface area contributed by atoms with Gasteiger partial charge in [-0.1, -0.05) is 40.2 Å². The van der Waals surface area contributed by atoms with E-state index in [1.807, 2.05) is 29.1 Å². The SMILES string of the molecule is Cc1cc(SCC(=O)NCc2ccccc2Cn2cccn2)c(C)cc1Br. The average Bonchev–Trinajstić information content (AvgIpc) is 3.16. The molecule has 27 heavy (non-hydrogen) atoms. The Bertz CT molecular complexity index is 925. The van der Waals surface area contributed by atoms with E-state index in [1.54, 1.807) is 18.0 Å². The molecule has 0 saturated heterocycles. The van der Waals surface area contributed by atoms with Gasteiger partial charge < -0.3 is 5.32 Å². The van der Waals surface area contributed by atoms with E-state index in [-0.39, 0.29) is 5.91 Å². The van der Waals surface area contributed by atoms with Crippen LogP contribution in [0, 0.1) is 13.8 Å². The van der Waals surface area contributed by atoms with Gasteiger partial charge >= 0.3 is 0 Å². The molecule has 0 aliphatic carbocycles. The molecule has 0 saturated carbocycles. The van der Waals surface area contributed by atoms with Crippen LogP contribution in [-0.2, 0) is 17.9 Å². The first-order valence-electron chi connectivity index (χ1n) is 8.73. The molecule has 0 bridgehead atoms. The average molecular weight is 444 g/mol. The highest BCUT2D eigenvalue weighted by molar-refractivity contribution is 9.10. The van der Waals surface area contributed by atoms with Crippen LogP contribution in [-0.4, -0.2) is 21.4 Å². The van der Waals surface area contributed by atoms with Crippen molar-refractivity contribution in [3.63, 3.8) is 0 Å². The first-order chi connectivity index (χ1) is 13.0. The van der Waals surface area contributed by atoms with Crippen molar-refractivity contribution in [3.05, 3.63) is 81.6 Å². The lowest BCUT2D eigenvalue weighted by Crippen LogP contribution is -2.25. The van der Waals surface area contributed by atoms with E-state index in [2.05, 4.69) is 64.5 Å². The number of amides is 1. The van der Waals surface area contributed by atoms with E-state index in [0.29, 0.717) is 18.8 Å². The number of benzene rings is 2. The van der Waals surface area contributed by atoms with Crippen LogP contribution in [0.4, 0.5) is 0 Å². The van der Waals surface area contributed by atoms with Crippen molar-refractivity contribution in [2.24, 2.45) is 0 Å². The summed E-state index contributed by atoms with van der Waals surface area (Å²) in [6, 6.07) is 14.3. The molecule has 0 aliphatic heterocycles. The van der Waals surface area contributed by atoms with Gasteiger partial charge in [-0.25, -0.2) is 0 Å². The van der Waals surface area contributed by atoms with Gasteiger partial charge in [0.2, 0.25) is 5.91 Å². The Morgan fingerprint density at radius 2 is 1.93 bits per heavy atom. The van der Waals surface area contributed by atoms with Crippen molar-refractivity contribution in [3.8, 4) is 0 Å². The van der Waals surface area contributed by atoms with E-state index in [0.717, 1.165) is 20.5 Å². The van der Waals surface area contributed by atoms with Crippen molar-refractivity contribution in [1.82, 2.24) is 15.1 Å². The van der Waals surface area contributed by atoms with Crippen LogP contribution in [0.5, 0.6) is 0 Å². The Morgan fingerprint density at radius 1 is 1.15 bits per heavy atom. The molecule has 4 nitrogen and oxygen atoms in total. The quantitative estimate of drug-likeness (QED) is 0.537. The first kappa shape index (κ1) is 19.7. The fourth-order valence-corrected chi connectivity index (χ4v) is 4.14. The zero-order valence-electron chi connectivity index (χ0n) is 15.4. The molecule has 1 N–H and O–H groups in total. The summed E-state index contributed by atoms with van der Waals surface area (Å²) < 4.78 is 2.98. The second-order valence-electron chi connectivity index (χ2n) is 6.40. The smallest absolute Gasteiger partial charge is 0.230 e. The summed E-state index contributed by atoms with van der Waals surface area (Å²) in [5, 5.41) is 7.29. The third-order valence-electron chi connectivity index (χ3n) is 4.30. The third-order valence-corrected chi connectivity index (χ3v) is 6.31. The van der Waals surface area contributed by atoms with E-state index < -0.39 is 0 Å². The molecule has 0 fully saturated rings. The molecule has 0 radical (unpaired) electrons. The van der Waals surface area contributed by atoms with E-state index in [1.165, 1.54) is 11.1 Å². The van der Waals surface area contributed by atoms with Crippen molar-refractivity contribution in [2.75, 3.05) is 5.75 Å². The number of aromatic nitrogens is 2. The molecular weight excluding hydrogens is 422 g/mol. The van der Waals surface area contributed by atoms with Crippen molar-refractivity contribution >= 4 is 33.6 Å². The molecule has 6 heteroatoms. The van der Waals surface area contributed by atoms with Crippen LogP contribution < -0.4 is 5.32 Å². The van der Waals surface area contributed by atoms with Gasteiger partial charge in [-0.2, -0.15) is 5.10 Å². The van der Waals surface area contributed by atoms with Gasteiger partial charge in [-0.05, 0) is 54.3 Å². The molecule has 3 rings (SSSR count). The minimum atomic E-state index is 0.0360. The fourth-order valence-electron chi connectivity index (χ4n) is 2.75. The van der Waals surface area contributed by atoms with Gasteiger partial charge in [0.25, 0.3) is 0 Å². The maximum atomic E-state index is 12.3. The minimum Gasteiger partial charge on any atom is -0.351 e.